The van der Waals surface area contributed by atoms with Gasteiger partial charge in [-0.05, 0) is 36.8 Å². The van der Waals surface area contributed by atoms with E-state index in [0.717, 1.165) is 29.7 Å². The summed E-state index contributed by atoms with van der Waals surface area (Å²) in [6.07, 6.45) is 1.95. The van der Waals surface area contributed by atoms with E-state index >= 15 is 0 Å². The largest absolute Gasteiger partial charge is 0.345 e. The maximum atomic E-state index is 11.9. The zero-order chi connectivity index (χ0) is 14.0. The minimum Gasteiger partial charge on any atom is -0.345 e. The van der Waals surface area contributed by atoms with Crippen LogP contribution in [0.5, 0.6) is 0 Å². The standard InChI is InChI=1S/C15H20N2O2/c1-9(2)12-6-4-5-10(3)13(12)17-15(19)14(18)16-11-7-8-11/h4-6,9,11H,7-8H2,1-3H3,(H,16,18)(H,17,19). The number of carbonyl (C=O) groups is 2. The van der Waals surface area contributed by atoms with Crippen LogP contribution in [0.25, 0.3) is 0 Å². The Balaban J connectivity index is 2.13. The highest BCUT2D eigenvalue weighted by molar-refractivity contribution is 6.39. The fourth-order valence-corrected chi connectivity index (χ4v) is 1.99. The summed E-state index contributed by atoms with van der Waals surface area (Å²) in [7, 11) is 0. The molecule has 0 bridgehead atoms. The number of amides is 2. The number of anilines is 1. The van der Waals surface area contributed by atoms with E-state index in [1.165, 1.54) is 0 Å². The van der Waals surface area contributed by atoms with Crippen molar-refractivity contribution in [3.8, 4) is 0 Å². The fourth-order valence-electron chi connectivity index (χ4n) is 1.99. The van der Waals surface area contributed by atoms with Gasteiger partial charge in [-0.1, -0.05) is 32.0 Å². The molecule has 0 aliphatic heterocycles. The fraction of sp³-hybridized carbons (Fsp3) is 0.467. The number of nitrogens with one attached hydrogen (secondary N) is 2. The zero-order valence-corrected chi connectivity index (χ0v) is 11.6. The molecule has 4 nitrogen and oxygen atoms in total. The molecule has 4 heteroatoms. The van der Waals surface area contributed by atoms with E-state index < -0.39 is 11.8 Å². The van der Waals surface area contributed by atoms with E-state index in [4.69, 9.17) is 0 Å². The summed E-state index contributed by atoms with van der Waals surface area (Å²) in [5, 5.41) is 5.43. The summed E-state index contributed by atoms with van der Waals surface area (Å²) in [5.74, 6) is -0.828. The maximum Gasteiger partial charge on any atom is 0.313 e. The summed E-state index contributed by atoms with van der Waals surface area (Å²) < 4.78 is 0. The van der Waals surface area contributed by atoms with Gasteiger partial charge in [0.1, 0.15) is 0 Å². The van der Waals surface area contributed by atoms with Crippen molar-refractivity contribution in [1.82, 2.24) is 5.32 Å². The topological polar surface area (TPSA) is 58.2 Å². The highest BCUT2D eigenvalue weighted by Crippen LogP contribution is 2.27. The van der Waals surface area contributed by atoms with Crippen molar-refractivity contribution in [2.45, 2.75) is 45.6 Å². The van der Waals surface area contributed by atoms with Crippen molar-refractivity contribution in [1.29, 1.82) is 0 Å². The second kappa shape index (κ2) is 5.43. The van der Waals surface area contributed by atoms with Crippen LogP contribution in [0.2, 0.25) is 0 Å². The van der Waals surface area contributed by atoms with Crippen LogP contribution in [-0.4, -0.2) is 17.9 Å². The first kappa shape index (κ1) is 13.6. The Hall–Kier alpha value is -1.84. The molecule has 0 spiro atoms. The quantitative estimate of drug-likeness (QED) is 0.819. The van der Waals surface area contributed by atoms with Gasteiger partial charge in [-0.2, -0.15) is 0 Å². The molecule has 1 fully saturated rings. The molecule has 0 atom stereocenters. The van der Waals surface area contributed by atoms with E-state index in [1.54, 1.807) is 0 Å². The molecule has 102 valence electrons. The third-order valence-corrected chi connectivity index (χ3v) is 3.28. The Morgan fingerprint density at radius 2 is 1.89 bits per heavy atom. The van der Waals surface area contributed by atoms with Crippen LogP contribution in [0, 0.1) is 6.92 Å². The van der Waals surface area contributed by atoms with E-state index in [1.807, 2.05) is 25.1 Å². The van der Waals surface area contributed by atoms with E-state index in [0.29, 0.717) is 5.92 Å². The van der Waals surface area contributed by atoms with Crippen molar-refractivity contribution in [2.24, 2.45) is 0 Å². The molecule has 0 heterocycles. The van der Waals surface area contributed by atoms with Crippen molar-refractivity contribution >= 4 is 17.5 Å². The van der Waals surface area contributed by atoms with E-state index in [9.17, 15) is 9.59 Å². The number of hydrogen-bond acceptors (Lipinski definition) is 2. The first-order chi connectivity index (χ1) is 8.99. The molecule has 0 saturated heterocycles. The highest BCUT2D eigenvalue weighted by atomic mass is 16.2. The van der Waals surface area contributed by atoms with E-state index in [2.05, 4.69) is 24.5 Å². The molecule has 0 radical (unpaired) electrons. The van der Waals surface area contributed by atoms with Gasteiger partial charge in [-0.15, -0.1) is 0 Å². The van der Waals surface area contributed by atoms with E-state index in [-0.39, 0.29) is 6.04 Å². The van der Waals surface area contributed by atoms with Crippen LogP contribution >= 0.6 is 0 Å². The van der Waals surface area contributed by atoms with Gasteiger partial charge >= 0.3 is 11.8 Å². The minimum atomic E-state index is -0.580. The molecule has 19 heavy (non-hydrogen) atoms. The molecule has 1 aliphatic carbocycles. The molecule has 1 saturated carbocycles. The lowest BCUT2D eigenvalue weighted by Gasteiger charge is -2.16. The van der Waals surface area contributed by atoms with Gasteiger partial charge < -0.3 is 10.6 Å². The normalized spacial score (nSPS) is 14.3. The lowest BCUT2D eigenvalue weighted by Crippen LogP contribution is -2.37. The predicted molar refractivity (Wildman–Crippen MR) is 75.1 cm³/mol. The van der Waals surface area contributed by atoms with Gasteiger partial charge in [-0.3, -0.25) is 9.59 Å². The highest BCUT2D eigenvalue weighted by Gasteiger charge is 2.26. The molecular formula is C15H20N2O2. The first-order valence-electron chi connectivity index (χ1n) is 6.70. The Kier molecular flexibility index (Phi) is 3.88. The van der Waals surface area contributed by atoms with Crippen LogP contribution in [0.1, 0.15) is 43.7 Å². The molecule has 0 aromatic heterocycles. The first-order valence-corrected chi connectivity index (χ1v) is 6.70. The number of benzene rings is 1. The Morgan fingerprint density at radius 3 is 2.47 bits per heavy atom. The second-order valence-corrected chi connectivity index (χ2v) is 5.40. The maximum absolute atomic E-state index is 11.9. The summed E-state index contributed by atoms with van der Waals surface area (Å²) >= 11 is 0. The predicted octanol–water partition coefficient (Wildman–Crippen LogP) is 2.34. The zero-order valence-electron chi connectivity index (χ0n) is 11.6. The summed E-state index contributed by atoms with van der Waals surface area (Å²) in [6.45, 7) is 6.06. The van der Waals surface area contributed by atoms with Crippen LogP contribution in [-0.2, 0) is 9.59 Å². The van der Waals surface area contributed by atoms with Gasteiger partial charge in [0.05, 0.1) is 0 Å². The summed E-state index contributed by atoms with van der Waals surface area (Å²) in [4.78, 5) is 23.5. The Morgan fingerprint density at radius 1 is 1.21 bits per heavy atom. The number of para-hydroxylation sites is 1. The van der Waals surface area contributed by atoms with Gasteiger partial charge in [-0.25, -0.2) is 0 Å². The van der Waals surface area contributed by atoms with Crippen molar-refractivity contribution in [3.05, 3.63) is 29.3 Å². The van der Waals surface area contributed by atoms with Gasteiger partial charge in [0.15, 0.2) is 0 Å². The van der Waals surface area contributed by atoms with Gasteiger partial charge in [0.25, 0.3) is 0 Å². The lowest BCUT2D eigenvalue weighted by atomic mass is 9.98. The summed E-state index contributed by atoms with van der Waals surface area (Å²) in [5.41, 5.74) is 2.78. The van der Waals surface area contributed by atoms with Crippen molar-refractivity contribution in [3.63, 3.8) is 0 Å². The SMILES string of the molecule is Cc1cccc(C(C)C)c1NC(=O)C(=O)NC1CC1. The smallest absolute Gasteiger partial charge is 0.313 e. The number of hydrogen-bond donors (Lipinski definition) is 2. The van der Waals surface area contributed by atoms with Crippen LogP contribution in [0.15, 0.2) is 18.2 Å². The second-order valence-electron chi connectivity index (χ2n) is 5.40. The van der Waals surface area contributed by atoms with Gasteiger partial charge in [0.2, 0.25) is 0 Å². The summed E-state index contributed by atoms with van der Waals surface area (Å²) in [6, 6.07) is 6.07. The Labute approximate surface area is 113 Å². The number of aryl methyl sites for hydroxylation is 1. The molecule has 0 unspecified atom stereocenters. The van der Waals surface area contributed by atoms with Crippen LogP contribution < -0.4 is 10.6 Å². The molecular weight excluding hydrogens is 240 g/mol. The molecule has 2 rings (SSSR count). The van der Waals surface area contributed by atoms with Gasteiger partial charge in [0, 0.05) is 11.7 Å². The molecule has 1 aromatic rings. The lowest BCUT2D eigenvalue weighted by molar-refractivity contribution is -0.136. The molecule has 2 N–H and O–H groups in total. The monoisotopic (exact) mass is 260 g/mol. The molecule has 1 aromatic carbocycles. The molecule has 1 aliphatic rings. The third-order valence-electron chi connectivity index (χ3n) is 3.28. The van der Waals surface area contributed by atoms with Crippen LogP contribution in [0.3, 0.4) is 0 Å². The third kappa shape index (κ3) is 3.34. The van der Waals surface area contributed by atoms with Crippen molar-refractivity contribution < 1.29 is 9.59 Å². The average Bonchev–Trinajstić information content (AvgIpc) is 3.15. The number of rotatable bonds is 3. The minimum absolute atomic E-state index is 0.194. The Bertz CT molecular complexity index is 505. The van der Waals surface area contributed by atoms with Crippen LogP contribution in [0.4, 0.5) is 5.69 Å². The number of carbonyl (C=O) groups excluding carboxylic acids is 2. The van der Waals surface area contributed by atoms with Crippen molar-refractivity contribution in [2.75, 3.05) is 5.32 Å². The molecule has 2 amide bonds. The average molecular weight is 260 g/mol.